The van der Waals surface area contributed by atoms with Gasteiger partial charge in [0.25, 0.3) is 0 Å². The number of nitrogens with zero attached hydrogens (tertiary/aromatic N) is 1. The monoisotopic (exact) mass is 317 g/mol. The maximum atomic E-state index is 12.6. The quantitative estimate of drug-likeness (QED) is 0.810. The average Bonchev–Trinajstić information content (AvgIpc) is 3.06. The second-order valence-electron chi connectivity index (χ2n) is 4.58. The molecular formula is C14H14F3NO2S. The lowest BCUT2D eigenvalue weighted by molar-refractivity contribution is -0.162. The molecule has 2 heterocycles. The molecule has 0 fully saturated rings. The number of rotatable bonds is 6. The van der Waals surface area contributed by atoms with E-state index in [1.165, 1.54) is 17.6 Å². The lowest BCUT2D eigenvalue weighted by atomic mass is 10.2. The third kappa shape index (κ3) is 5.26. The Bertz CT molecular complexity index is 549. The first-order valence-electron chi connectivity index (χ1n) is 6.32. The van der Waals surface area contributed by atoms with Crippen LogP contribution >= 0.6 is 11.3 Å². The second kappa shape index (κ2) is 6.80. The number of amides is 1. The van der Waals surface area contributed by atoms with E-state index in [2.05, 4.69) is 0 Å². The van der Waals surface area contributed by atoms with Gasteiger partial charge in [0.1, 0.15) is 12.3 Å². The summed E-state index contributed by atoms with van der Waals surface area (Å²) < 4.78 is 42.8. The fourth-order valence-electron chi connectivity index (χ4n) is 1.88. The molecule has 2 rings (SSSR count). The molecule has 0 radical (unpaired) electrons. The largest absolute Gasteiger partial charge is 0.467 e. The Morgan fingerprint density at radius 3 is 2.71 bits per heavy atom. The molecule has 0 atom stereocenters. The van der Waals surface area contributed by atoms with Crippen molar-refractivity contribution in [2.24, 2.45) is 0 Å². The van der Waals surface area contributed by atoms with Crippen LogP contribution in [-0.2, 0) is 17.8 Å². The van der Waals surface area contributed by atoms with Gasteiger partial charge in [0, 0.05) is 6.42 Å². The summed E-state index contributed by atoms with van der Waals surface area (Å²) in [6, 6.07) is 4.99. The van der Waals surface area contributed by atoms with Gasteiger partial charge < -0.3 is 9.32 Å². The van der Waals surface area contributed by atoms with Crippen molar-refractivity contribution in [2.45, 2.75) is 25.6 Å². The molecule has 7 heteroatoms. The Hall–Kier alpha value is -1.76. The van der Waals surface area contributed by atoms with E-state index in [0.29, 0.717) is 12.2 Å². The number of aryl methyl sites for hydroxylation is 1. The van der Waals surface area contributed by atoms with Crippen LogP contribution < -0.4 is 0 Å². The highest BCUT2D eigenvalue weighted by molar-refractivity contribution is 7.07. The highest BCUT2D eigenvalue weighted by Gasteiger charge is 2.33. The van der Waals surface area contributed by atoms with E-state index < -0.39 is 18.6 Å². The van der Waals surface area contributed by atoms with E-state index in [1.807, 2.05) is 16.8 Å². The number of halogens is 3. The Balaban J connectivity index is 1.97. The van der Waals surface area contributed by atoms with E-state index in [0.717, 1.165) is 10.5 Å². The summed E-state index contributed by atoms with van der Waals surface area (Å²) in [6.07, 6.45) is -2.57. The maximum absolute atomic E-state index is 12.6. The van der Waals surface area contributed by atoms with Crippen LogP contribution in [0.25, 0.3) is 0 Å². The normalized spacial score (nSPS) is 11.6. The summed E-state index contributed by atoms with van der Waals surface area (Å²) in [5.41, 5.74) is 0.957. The number of carbonyl (C=O) groups excluding carboxylic acids is 1. The van der Waals surface area contributed by atoms with Crippen LogP contribution in [0.5, 0.6) is 0 Å². The highest BCUT2D eigenvalue weighted by atomic mass is 32.1. The van der Waals surface area contributed by atoms with E-state index in [4.69, 9.17) is 4.42 Å². The Labute approximate surface area is 124 Å². The first kappa shape index (κ1) is 15.6. The fraction of sp³-hybridized carbons (Fsp3) is 0.357. The van der Waals surface area contributed by atoms with Gasteiger partial charge in [-0.25, -0.2) is 0 Å². The first-order valence-corrected chi connectivity index (χ1v) is 7.26. The number of thiophene rings is 1. The molecule has 2 aromatic rings. The van der Waals surface area contributed by atoms with Crippen molar-refractivity contribution in [3.8, 4) is 0 Å². The Morgan fingerprint density at radius 2 is 2.14 bits per heavy atom. The molecular weight excluding hydrogens is 303 g/mol. The lowest BCUT2D eigenvalue weighted by Gasteiger charge is -2.23. The third-order valence-corrected chi connectivity index (χ3v) is 3.59. The van der Waals surface area contributed by atoms with Gasteiger partial charge in [0.2, 0.25) is 5.91 Å². The number of carbonyl (C=O) groups is 1. The second-order valence-corrected chi connectivity index (χ2v) is 5.36. The van der Waals surface area contributed by atoms with Crippen LogP contribution in [0.3, 0.4) is 0 Å². The van der Waals surface area contributed by atoms with Crippen LogP contribution in [0.1, 0.15) is 17.7 Å². The third-order valence-electron chi connectivity index (χ3n) is 2.86. The van der Waals surface area contributed by atoms with Crippen LogP contribution in [0.2, 0.25) is 0 Å². The molecule has 0 N–H and O–H groups in total. The predicted molar refractivity (Wildman–Crippen MR) is 72.8 cm³/mol. The number of furan rings is 1. The molecule has 0 aromatic carbocycles. The zero-order valence-corrected chi connectivity index (χ0v) is 11.9. The van der Waals surface area contributed by atoms with Crippen LogP contribution in [0.4, 0.5) is 13.2 Å². The van der Waals surface area contributed by atoms with Crippen molar-refractivity contribution in [3.05, 3.63) is 46.5 Å². The minimum atomic E-state index is -4.43. The maximum Gasteiger partial charge on any atom is 0.406 e. The Morgan fingerprint density at radius 1 is 1.33 bits per heavy atom. The molecule has 0 saturated heterocycles. The minimum absolute atomic E-state index is 0.0491. The fourth-order valence-corrected chi connectivity index (χ4v) is 2.59. The van der Waals surface area contributed by atoms with Gasteiger partial charge in [-0.15, -0.1) is 0 Å². The molecule has 0 saturated carbocycles. The molecule has 114 valence electrons. The summed E-state index contributed by atoms with van der Waals surface area (Å²) >= 11 is 1.49. The molecule has 0 aliphatic rings. The molecule has 2 aromatic heterocycles. The molecule has 3 nitrogen and oxygen atoms in total. The van der Waals surface area contributed by atoms with Gasteiger partial charge in [-0.3, -0.25) is 4.79 Å². The van der Waals surface area contributed by atoms with Gasteiger partial charge in [0.05, 0.1) is 12.8 Å². The van der Waals surface area contributed by atoms with Crippen molar-refractivity contribution in [3.63, 3.8) is 0 Å². The van der Waals surface area contributed by atoms with E-state index >= 15 is 0 Å². The highest BCUT2D eigenvalue weighted by Crippen LogP contribution is 2.20. The van der Waals surface area contributed by atoms with E-state index in [1.54, 1.807) is 12.1 Å². The van der Waals surface area contributed by atoms with Gasteiger partial charge in [0.15, 0.2) is 0 Å². The minimum Gasteiger partial charge on any atom is -0.467 e. The smallest absolute Gasteiger partial charge is 0.406 e. The number of alkyl halides is 3. The van der Waals surface area contributed by atoms with Crippen LogP contribution in [0.15, 0.2) is 39.6 Å². The summed E-state index contributed by atoms with van der Waals surface area (Å²) in [4.78, 5) is 12.8. The summed E-state index contributed by atoms with van der Waals surface area (Å²) in [6.45, 7) is -1.44. The molecule has 21 heavy (non-hydrogen) atoms. The molecule has 0 spiro atoms. The van der Waals surface area contributed by atoms with Gasteiger partial charge in [-0.05, 0) is 40.9 Å². The summed E-state index contributed by atoms with van der Waals surface area (Å²) in [7, 11) is 0. The Kier molecular flexibility index (Phi) is 5.06. The average molecular weight is 317 g/mol. The van der Waals surface area contributed by atoms with E-state index in [9.17, 15) is 18.0 Å². The molecule has 0 unspecified atom stereocenters. The standard InChI is InChI=1S/C14H14F3NO2S/c15-14(16,17)10-18(8-12-2-1-6-20-12)13(19)4-3-11-5-7-21-9-11/h1-2,5-7,9H,3-4,8,10H2. The van der Waals surface area contributed by atoms with Crippen molar-refractivity contribution >= 4 is 17.2 Å². The zero-order valence-electron chi connectivity index (χ0n) is 11.1. The van der Waals surface area contributed by atoms with Crippen molar-refractivity contribution < 1.29 is 22.4 Å². The molecule has 0 aliphatic heterocycles. The van der Waals surface area contributed by atoms with Crippen molar-refractivity contribution in [2.75, 3.05) is 6.54 Å². The SMILES string of the molecule is O=C(CCc1ccsc1)N(Cc1ccco1)CC(F)(F)F. The lowest BCUT2D eigenvalue weighted by Crippen LogP contribution is -2.38. The molecule has 0 bridgehead atoms. The first-order chi connectivity index (χ1) is 9.94. The van der Waals surface area contributed by atoms with Gasteiger partial charge in [-0.2, -0.15) is 24.5 Å². The number of hydrogen-bond acceptors (Lipinski definition) is 3. The molecule has 0 aliphatic carbocycles. The van der Waals surface area contributed by atoms with Crippen LogP contribution in [0, 0.1) is 0 Å². The van der Waals surface area contributed by atoms with Gasteiger partial charge >= 0.3 is 6.18 Å². The number of hydrogen-bond donors (Lipinski definition) is 0. The van der Waals surface area contributed by atoms with E-state index in [-0.39, 0.29) is 13.0 Å². The van der Waals surface area contributed by atoms with Crippen molar-refractivity contribution in [1.29, 1.82) is 0 Å². The summed E-state index contributed by atoms with van der Waals surface area (Å²) in [5.74, 6) is -0.196. The van der Waals surface area contributed by atoms with Crippen molar-refractivity contribution in [1.82, 2.24) is 4.90 Å². The van der Waals surface area contributed by atoms with Gasteiger partial charge in [-0.1, -0.05) is 0 Å². The summed E-state index contributed by atoms with van der Waals surface area (Å²) in [5, 5.41) is 3.75. The van der Waals surface area contributed by atoms with Crippen LogP contribution in [-0.4, -0.2) is 23.5 Å². The molecule has 1 amide bonds. The zero-order chi connectivity index (χ0) is 15.3. The predicted octanol–water partition coefficient (Wildman–Crippen LogP) is 3.86. The topological polar surface area (TPSA) is 33.5 Å².